The van der Waals surface area contributed by atoms with Crippen molar-refractivity contribution in [1.82, 2.24) is 0 Å². The predicted octanol–water partition coefficient (Wildman–Crippen LogP) is 2.21. The first-order chi connectivity index (χ1) is 7.43. The Hall–Kier alpha value is -1.16. The van der Waals surface area contributed by atoms with Crippen LogP contribution in [0.15, 0.2) is 29.2 Å². The number of rotatable bonds is 4. The van der Waals surface area contributed by atoms with Crippen molar-refractivity contribution in [3.05, 3.63) is 29.8 Å². The molecule has 1 aromatic carbocycles. The molecule has 1 N–H and O–H groups in total. The van der Waals surface area contributed by atoms with Gasteiger partial charge in [-0.05, 0) is 31.5 Å². The number of hydrogen-bond donors (Lipinski definition) is 1. The Morgan fingerprint density at radius 3 is 2.50 bits per heavy atom. The van der Waals surface area contributed by atoms with E-state index in [0.717, 1.165) is 5.56 Å². The Bertz CT molecular complexity index is 414. The van der Waals surface area contributed by atoms with Crippen LogP contribution in [0.25, 0.3) is 0 Å². The molecular formula is C12H16O3S. The number of aliphatic carboxylic acids is 1. The molecule has 0 bridgehead atoms. The van der Waals surface area contributed by atoms with Crippen molar-refractivity contribution < 1.29 is 14.1 Å². The maximum atomic E-state index is 12.1. The fourth-order valence-corrected chi connectivity index (χ4v) is 2.77. The minimum absolute atomic E-state index is 0.390. The van der Waals surface area contributed by atoms with Crippen molar-refractivity contribution in [2.75, 3.05) is 0 Å². The Balaban J connectivity index is 2.90. The molecule has 0 saturated carbocycles. The summed E-state index contributed by atoms with van der Waals surface area (Å²) in [5, 5.41) is 8.48. The van der Waals surface area contributed by atoms with Gasteiger partial charge in [0.1, 0.15) is 0 Å². The lowest BCUT2D eigenvalue weighted by Gasteiger charge is -2.15. The minimum Gasteiger partial charge on any atom is -0.481 e. The molecule has 4 heteroatoms. The van der Waals surface area contributed by atoms with E-state index in [2.05, 4.69) is 0 Å². The van der Waals surface area contributed by atoms with Gasteiger partial charge in [-0.2, -0.15) is 0 Å². The molecule has 1 aromatic rings. The third-order valence-electron chi connectivity index (χ3n) is 2.65. The van der Waals surface area contributed by atoms with Crippen LogP contribution in [0.3, 0.4) is 0 Å². The van der Waals surface area contributed by atoms with Gasteiger partial charge in [0.2, 0.25) is 0 Å². The highest BCUT2D eigenvalue weighted by molar-refractivity contribution is 7.85. The molecule has 0 fully saturated rings. The zero-order valence-electron chi connectivity index (χ0n) is 9.64. The van der Waals surface area contributed by atoms with Gasteiger partial charge in [-0.1, -0.05) is 19.1 Å². The first kappa shape index (κ1) is 12.9. The SMILES string of the molecule is Cc1cccc(S(=O)C(C)C(C)C(=O)O)c1. The molecule has 0 heterocycles. The molecular weight excluding hydrogens is 224 g/mol. The normalized spacial score (nSPS) is 16.4. The number of carboxylic acids is 1. The molecule has 1 rings (SSSR count). The zero-order chi connectivity index (χ0) is 12.3. The summed E-state index contributed by atoms with van der Waals surface area (Å²) < 4.78 is 12.1. The van der Waals surface area contributed by atoms with Crippen LogP contribution in [0.4, 0.5) is 0 Å². The smallest absolute Gasteiger partial charge is 0.307 e. The molecule has 0 aromatic heterocycles. The van der Waals surface area contributed by atoms with Crippen LogP contribution in [0.1, 0.15) is 19.4 Å². The summed E-state index contributed by atoms with van der Waals surface area (Å²) in [6.07, 6.45) is 0. The largest absolute Gasteiger partial charge is 0.481 e. The number of aryl methyl sites for hydroxylation is 1. The van der Waals surface area contributed by atoms with Crippen molar-refractivity contribution in [1.29, 1.82) is 0 Å². The van der Waals surface area contributed by atoms with E-state index in [4.69, 9.17) is 5.11 Å². The first-order valence-electron chi connectivity index (χ1n) is 5.13. The average molecular weight is 240 g/mol. The van der Waals surface area contributed by atoms with Gasteiger partial charge in [0.15, 0.2) is 0 Å². The molecule has 0 aliphatic heterocycles. The van der Waals surface area contributed by atoms with Crippen molar-refractivity contribution >= 4 is 16.8 Å². The summed E-state index contributed by atoms with van der Waals surface area (Å²) in [6, 6.07) is 7.36. The van der Waals surface area contributed by atoms with E-state index in [1.807, 2.05) is 25.1 Å². The van der Waals surface area contributed by atoms with Crippen LogP contribution in [-0.2, 0) is 15.6 Å². The fourth-order valence-electron chi connectivity index (χ4n) is 1.34. The fraction of sp³-hybridized carbons (Fsp3) is 0.417. The summed E-state index contributed by atoms with van der Waals surface area (Å²) in [5.41, 5.74) is 1.03. The highest BCUT2D eigenvalue weighted by atomic mass is 32.2. The third-order valence-corrected chi connectivity index (χ3v) is 4.46. The Labute approximate surface area is 98.0 Å². The van der Waals surface area contributed by atoms with E-state index in [1.54, 1.807) is 19.9 Å². The second kappa shape index (κ2) is 5.25. The van der Waals surface area contributed by atoms with Crippen molar-refractivity contribution in [2.45, 2.75) is 30.9 Å². The van der Waals surface area contributed by atoms with Crippen molar-refractivity contribution in [3.8, 4) is 0 Å². The maximum absolute atomic E-state index is 12.1. The molecule has 0 amide bonds. The van der Waals surface area contributed by atoms with Gasteiger partial charge in [-0.3, -0.25) is 9.00 Å². The summed E-state index contributed by atoms with van der Waals surface area (Å²) in [6.45, 7) is 5.21. The van der Waals surface area contributed by atoms with Gasteiger partial charge < -0.3 is 5.11 Å². The third kappa shape index (κ3) is 2.92. The van der Waals surface area contributed by atoms with Gasteiger partial charge in [0, 0.05) is 10.1 Å². The van der Waals surface area contributed by atoms with Gasteiger partial charge >= 0.3 is 5.97 Å². The summed E-state index contributed by atoms with van der Waals surface area (Å²) in [7, 11) is -1.27. The van der Waals surface area contributed by atoms with Crippen LogP contribution in [0, 0.1) is 12.8 Å². The van der Waals surface area contributed by atoms with E-state index < -0.39 is 22.7 Å². The quantitative estimate of drug-likeness (QED) is 0.878. The van der Waals surface area contributed by atoms with Gasteiger partial charge in [0.25, 0.3) is 0 Å². The topological polar surface area (TPSA) is 54.4 Å². The molecule has 3 atom stereocenters. The monoisotopic (exact) mass is 240 g/mol. The molecule has 3 nitrogen and oxygen atoms in total. The lowest BCUT2D eigenvalue weighted by Crippen LogP contribution is -2.26. The van der Waals surface area contributed by atoms with Gasteiger partial charge in [-0.15, -0.1) is 0 Å². The van der Waals surface area contributed by atoms with E-state index in [-0.39, 0.29) is 5.25 Å². The molecule has 0 saturated heterocycles. The number of hydrogen-bond acceptors (Lipinski definition) is 2. The average Bonchev–Trinajstić information content (AvgIpc) is 2.26. The summed E-state index contributed by atoms with van der Waals surface area (Å²) in [4.78, 5) is 11.5. The maximum Gasteiger partial charge on any atom is 0.307 e. The van der Waals surface area contributed by atoms with Crippen LogP contribution in [0.2, 0.25) is 0 Å². The Morgan fingerprint density at radius 2 is 2.00 bits per heavy atom. The van der Waals surface area contributed by atoms with Crippen LogP contribution < -0.4 is 0 Å². The van der Waals surface area contributed by atoms with Gasteiger partial charge in [-0.25, -0.2) is 0 Å². The highest BCUT2D eigenvalue weighted by Crippen LogP contribution is 2.18. The van der Waals surface area contributed by atoms with Crippen LogP contribution in [-0.4, -0.2) is 20.5 Å². The van der Waals surface area contributed by atoms with Crippen LogP contribution in [0.5, 0.6) is 0 Å². The molecule has 0 spiro atoms. The van der Waals surface area contributed by atoms with Crippen molar-refractivity contribution in [3.63, 3.8) is 0 Å². The van der Waals surface area contributed by atoms with E-state index in [1.165, 1.54) is 0 Å². The molecule has 88 valence electrons. The number of carbonyl (C=O) groups is 1. The predicted molar refractivity (Wildman–Crippen MR) is 63.8 cm³/mol. The lowest BCUT2D eigenvalue weighted by atomic mass is 10.1. The minimum atomic E-state index is -1.27. The second-order valence-corrected chi connectivity index (χ2v) is 5.76. The highest BCUT2D eigenvalue weighted by Gasteiger charge is 2.25. The standard InChI is InChI=1S/C12H16O3S/c1-8-5-4-6-11(7-8)16(15)10(3)9(2)12(13)14/h4-7,9-10H,1-3H3,(H,13,14). The van der Waals surface area contributed by atoms with E-state index in [9.17, 15) is 9.00 Å². The van der Waals surface area contributed by atoms with E-state index in [0.29, 0.717) is 4.90 Å². The molecule has 3 unspecified atom stereocenters. The molecule has 16 heavy (non-hydrogen) atoms. The van der Waals surface area contributed by atoms with Crippen molar-refractivity contribution in [2.24, 2.45) is 5.92 Å². The lowest BCUT2D eigenvalue weighted by molar-refractivity contribution is -0.141. The first-order valence-corrected chi connectivity index (χ1v) is 6.35. The number of benzene rings is 1. The second-order valence-electron chi connectivity index (χ2n) is 3.95. The zero-order valence-corrected chi connectivity index (χ0v) is 10.5. The van der Waals surface area contributed by atoms with Gasteiger partial charge in [0.05, 0.1) is 16.7 Å². The molecule has 0 radical (unpaired) electrons. The van der Waals surface area contributed by atoms with E-state index >= 15 is 0 Å². The number of carboxylic acid groups (broad SMARTS) is 1. The molecule has 0 aliphatic rings. The summed E-state index contributed by atoms with van der Waals surface area (Å²) in [5.74, 6) is -1.52. The Kier molecular flexibility index (Phi) is 4.24. The molecule has 0 aliphatic carbocycles. The Morgan fingerprint density at radius 1 is 1.38 bits per heavy atom. The summed E-state index contributed by atoms with van der Waals surface area (Å²) >= 11 is 0. The van der Waals surface area contributed by atoms with Crippen LogP contribution >= 0.6 is 0 Å².